The average Bonchev–Trinajstić information content (AvgIpc) is 2.08. The standard InChI is InChI=1S/C11H18N2/c1-12-8-10-4-6-11(7-5-10)9-13(2)3/h4-7,12H,8-9H2,1-3H3. The van der Waals surface area contributed by atoms with Gasteiger partial charge in [0.2, 0.25) is 0 Å². The van der Waals surface area contributed by atoms with E-state index < -0.39 is 0 Å². The molecule has 1 rings (SSSR count). The van der Waals surface area contributed by atoms with Crippen LogP contribution < -0.4 is 5.32 Å². The molecule has 0 aliphatic rings. The van der Waals surface area contributed by atoms with E-state index in [1.807, 2.05) is 7.05 Å². The molecule has 0 saturated heterocycles. The number of benzene rings is 1. The molecule has 0 spiro atoms. The molecular weight excluding hydrogens is 160 g/mol. The molecule has 1 N–H and O–H groups in total. The quantitative estimate of drug-likeness (QED) is 0.751. The Morgan fingerprint density at radius 3 is 2.08 bits per heavy atom. The van der Waals surface area contributed by atoms with Crippen molar-refractivity contribution in [3.63, 3.8) is 0 Å². The monoisotopic (exact) mass is 178 g/mol. The Bertz CT molecular complexity index is 239. The normalized spacial score (nSPS) is 10.8. The van der Waals surface area contributed by atoms with Crippen LogP contribution in [-0.2, 0) is 13.1 Å². The van der Waals surface area contributed by atoms with E-state index in [1.165, 1.54) is 11.1 Å². The summed E-state index contributed by atoms with van der Waals surface area (Å²) in [5.74, 6) is 0. The highest BCUT2D eigenvalue weighted by molar-refractivity contribution is 5.22. The fourth-order valence-corrected chi connectivity index (χ4v) is 1.33. The van der Waals surface area contributed by atoms with Gasteiger partial charge in [-0.1, -0.05) is 24.3 Å². The first-order valence-corrected chi connectivity index (χ1v) is 4.59. The second kappa shape index (κ2) is 5.00. The molecule has 2 nitrogen and oxygen atoms in total. The summed E-state index contributed by atoms with van der Waals surface area (Å²) in [7, 11) is 6.14. The predicted octanol–water partition coefficient (Wildman–Crippen LogP) is 1.47. The Kier molecular flexibility index (Phi) is 3.93. The van der Waals surface area contributed by atoms with Crippen molar-refractivity contribution in [3.8, 4) is 0 Å². The number of nitrogens with zero attached hydrogens (tertiary/aromatic N) is 1. The van der Waals surface area contributed by atoms with Gasteiger partial charge in [0.15, 0.2) is 0 Å². The Balaban J connectivity index is 2.59. The van der Waals surface area contributed by atoms with Crippen LogP contribution in [0.3, 0.4) is 0 Å². The van der Waals surface area contributed by atoms with Gasteiger partial charge in [-0.2, -0.15) is 0 Å². The minimum atomic E-state index is 0.947. The number of rotatable bonds is 4. The lowest BCUT2D eigenvalue weighted by Gasteiger charge is -2.09. The highest BCUT2D eigenvalue weighted by Gasteiger charge is 1.95. The maximum absolute atomic E-state index is 3.13. The molecule has 1 aromatic rings. The fourth-order valence-electron chi connectivity index (χ4n) is 1.33. The van der Waals surface area contributed by atoms with Crippen molar-refractivity contribution >= 4 is 0 Å². The van der Waals surface area contributed by atoms with Crippen molar-refractivity contribution in [2.45, 2.75) is 13.1 Å². The number of hydrogen-bond acceptors (Lipinski definition) is 2. The molecule has 72 valence electrons. The van der Waals surface area contributed by atoms with Gasteiger partial charge in [0, 0.05) is 13.1 Å². The van der Waals surface area contributed by atoms with E-state index in [-0.39, 0.29) is 0 Å². The maximum atomic E-state index is 3.13. The third kappa shape index (κ3) is 3.57. The van der Waals surface area contributed by atoms with Crippen molar-refractivity contribution in [2.75, 3.05) is 21.1 Å². The molecule has 1 aromatic carbocycles. The van der Waals surface area contributed by atoms with Crippen molar-refractivity contribution < 1.29 is 0 Å². The van der Waals surface area contributed by atoms with E-state index in [0.29, 0.717) is 0 Å². The summed E-state index contributed by atoms with van der Waals surface area (Å²) < 4.78 is 0. The van der Waals surface area contributed by atoms with Gasteiger partial charge in [-0.15, -0.1) is 0 Å². The zero-order valence-corrected chi connectivity index (χ0v) is 8.67. The molecule has 0 bridgehead atoms. The van der Waals surface area contributed by atoms with Gasteiger partial charge in [-0.3, -0.25) is 0 Å². The van der Waals surface area contributed by atoms with Crippen LogP contribution in [0.1, 0.15) is 11.1 Å². The second-order valence-electron chi connectivity index (χ2n) is 3.58. The van der Waals surface area contributed by atoms with E-state index in [2.05, 4.69) is 48.6 Å². The summed E-state index contributed by atoms with van der Waals surface area (Å²) in [6.07, 6.45) is 0. The predicted molar refractivity (Wildman–Crippen MR) is 56.6 cm³/mol. The van der Waals surface area contributed by atoms with Crippen LogP contribution in [0.15, 0.2) is 24.3 Å². The Morgan fingerprint density at radius 2 is 1.62 bits per heavy atom. The van der Waals surface area contributed by atoms with E-state index in [1.54, 1.807) is 0 Å². The molecule has 0 atom stereocenters. The topological polar surface area (TPSA) is 15.3 Å². The van der Waals surface area contributed by atoms with Crippen LogP contribution in [0.4, 0.5) is 0 Å². The van der Waals surface area contributed by atoms with Gasteiger partial charge in [-0.25, -0.2) is 0 Å². The van der Waals surface area contributed by atoms with E-state index >= 15 is 0 Å². The van der Waals surface area contributed by atoms with Crippen LogP contribution in [0.2, 0.25) is 0 Å². The van der Waals surface area contributed by atoms with Crippen LogP contribution in [0.25, 0.3) is 0 Å². The summed E-state index contributed by atoms with van der Waals surface area (Å²) in [6.45, 7) is 1.96. The smallest absolute Gasteiger partial charge is 0.0227 e. The fraction of sp³-hybridized carbons (Fsp3) is 0.455. The molecule has 2 heteroatoms. The lowest BCUT2D eigenvalue weighted by molar-refractivity contribution is 0.402. The molecule has 0 aliphatic heterocycles. The van der Waals surface area contributed by atoms with Gasteiger partial charge in [0.05, 0.1) is 0 Å². The zero-order valence-electron chi connectivity index (χ0n) is 8.67. The van der Waals surface area contributed by atoms with Gasteiger partial charge < -0.3 is 10.2 Å². The molecule has 13 heavy (non-hydrogen) atoms. The minimum Gasteiger partial charge on any atom is -0.316 e. The first-order chi connectivity index (χ1) is 6.22. The minimum absolute atomic E-state index is 0.947. The SMILES string of the molecule is CNCc1ccc(CN(C)C)cc1. The maximum Gasteiger partial charge on any atom is 0.0227 e. The van der Waals surface area contributed by atoms with Crippen molar-refractivity contribution in [3.05, 3.63) is 35.4 Å². The molecular formula is C11H18N2. The summed E-state index contributed by atoms with van der Waals surface area (Å²) in [5, 5.41) is 3.13. The van der Waals surface area contributed by atoms with Crippen LogP contribution in [0, 0.1) is 0 Å². The lowest BCUT2D eigenvalue weighted by atomic mass is 10.1. The van der Waals surface area contributed by atoms with E-state index in [9.17, 15) is 0 Å². The van der Waals surface area contributed by atoms with E-state index in [4.69, 9.17) is 0 Å². The molecule has 0 heterocycles. The molecule has 0 fully saturated rings. The summed E-state index contributed by atoms with van der Waals surface area (Å²) >= 11 is 0. The van der Waals surface area contributed by atoms with Crippen molar-refractivity contribution in [1.29, 1.82) is 0 Å². The largest absolute Gasteiger partial charge is 0.316 e. The van der Waals surface area contributed by atoms with E-state index in [0.717, 1.165) is 13.1 Å². The molecule has 0 amide bonds. The molecule has 0 unspecified atom stereocenters. The van der Waals surface area contributed by atoms with Gasteiger partial charge in [0.25, 0.3) is 0 Å². The van der Waals surface area contributed by atoms with Crippen LogP contribution in [-0.4, -0.2) is 26.0 Å². The first-order valence-electron chi connectivity index (χ1n) is 4.59. The first kappa shape index (κ1) is 10.2. The van der Waals surface area contributed by atoms with Crippen LogP contribution >= 0.6 is 0 Å². The summed E-state index contributed by atoms with van der Waals surface area (Å²) in [5.41, 5.74) is 2.70. The lowest BCUT2D eigenvalue weighted by Crippen LogP contribution is -2.11. The Labute approximate surface area is 80.6 Å². The Morgan fingerprint density at radius 1 is 1.08 bits per heavy atom. The molecule has 0 radical (unpaired) electrons. The highest BCUT2D eigenvalue weighted by atomic mass is 15.0. The summed E-state index contributed by atoms with van der Waals surface area (Å²) in [6, 6.07) is 8.73. The van der Waals surface area contributed by atoms with Crippen molar-refractivity contribution in [2.24, 2.45) is 0 Å². The van der Waals surface area contributed by atoms with Gasteiger partial charge in [0.1, 0.15) is 0 Å². The Hall–Kier alpha value is -0.860. The number of hydrogen-bond donors (Lipinski definition) is 1. The highest BCUT2D eigenvalue weighted by Crippen LogP contribution is 2.05. The number of nitrogens with one attached hydrogen (secondary N) is 1. The molecule has 0 aromatic heterocycles. The molecule has 0 aliphatic carbocycles. The summed E-state index contributed by atoms with van der Waals surface area (Å²) in [4.78, 5) is 2.17. The zero-order chi connectivity index (χ0) is 9.68. The third-order valence-corrected chi connectivity index (χ3v) is 1.90. The second-order valence-corrected chi connectivity index (χ2v) is 3.58. The molecule has 0 saturated carbocycles. The van der Waals surface area contributed by atoms with Gasteiger partial charge in [-0.05, 0) is 32.3 Å². The van der Waals surface area contributed by atoms with Crippen molar-refractivity contribution in [1.82, 2.24) is 10.2 Å². The average molecular weight is 178 g/mol. The van der Waals surface area contributed by atoms with Gasteiger partial charge >= 0.3 is 0 Å². The third-order valence-electron chi connectivity index (χ3n) is 1.90. The van der Waals surface area contributed by atoms with Crippen LogP contribution in [0.5, 0.6) is 0 Å².